The minimum Gasteiger partial charge on any atom is -0.311 e. The van der Waals surface area contributed by atoms with Crippen LogP contribution in [0.4, 0.5) is 0 Å². The van der Waals surface area contributed by atoms with Crippen LogP contribution in [0.3, 0.4) is 0 Å². The SMILES string of the molecule is CCC(C)(C)N1CC(CC(C)C)NCC1C(C)C. The minimum absolute atomic E-state index is 0.326. The van der Waals surface area contributed by atoms with Crippen LogP contribution in [-0.2, 0) is 0 Å². The highest BCUT2D eigenvalue weighted by Crippen LogP contribution is 2.28. The largest absolute Gasteiger partial charge is 0.311 e. The molecule has 0 aliphatic carbocycles. The lowest BCUT2D eigenvalue weighted by Gasteiger charge is -2.50. The van der Waals surface area contributed by atoms with Crippen molar-refractivity contribution in [2.75, 3.05) is 13.1 Å². The first-order chi connectivity index (χ1) is 8.27. The molecule has 2 heteroatoms. The van der Waals surface area contributed by atoms with Crippen LogP contribution in [0.5, 0.6) is 0 Å². The number of rotatable bonds is 5. The van der Waals surface area contributed by atoms with Gasteiger partial charge in [-0.2, -0.15) is 0 Å². The molecule has 1 rings (SSSR count). The molecule has 1 aliphatic heterocycles. The first-order valence-electron chi connectivity index (χ1n) is 7.78. The van der Waals surface area contributed by atoms with Crippen LogP contribution in [-0.4, -0.2) is 35.6 Å². The van der Waals surface area contributed by atoms with Gasteiger partial charge in [0.2, 0.25) is 0 Å². The van der Waals surface area contributed by atoms with E-state index in [2.05, 4.69) is 58.7 Å². The third-order valence-corrected chi connectivity index (χ3v) is 4.60. The van der Waals surface area contributed by atoms with E-state index in [1.54, 1.807) is 0 Å². The van der Waals surface area contributed by atoms with Gasteiger partial charge in [-0.05, 0) is 38.5 Å². The van der Waals surface area contributed by atoms with Crippen molar-refractivity contribution in [3.05, 3.63) is 0 Å². The average Bonchev–Trinajstić information content (AvgIpc) is 2.27. The van der Waals surface area contributed by atoms with Gasteiger partial charge in [-0.3, -0.25) is 4.90 Å². The topological polar surface area (TPSA) is 15.3 Å². The van der Waals surface area contributed by atoms with E-state index in [-0.39, 0.29) is 0 Å². The Labute approximate surface area is 115 Å². The summed E-state index contributed by atoms with van der Waals surface area (Å²) in [5, 5.41) is 3.77. The van der Waals surface area contributed by atoms with Crippen LogP contribution in [0.15, 0.2) is 0 Å². The van der Waals surface area contributed by atoms with Crippen molar-refractivity contribution in [2.24, 2.45) is 11.8 Å². The number of hydrogen-bond donors (Lipinski definition) is 1. The van der Waals surface area contributed by atoms with E-state index in [1.807, 2.05) is 0 Å². The van der Waals surface area contributed by atoms with E-state index in [0.717, 1.165) is 18.4 Å². The van der Waals surface area contributed by atoms with Gasteiger partial charge < -0.3 is 5.32 Å². The molecule has 0 aromatic heterocycles. The molecule has 1 N–H and O–H groups in total. The summed E-state index contributed by atoms with van der Waals surface area (Å²) in [6, 6.07) is 1.36. The number of piperazine rings is 1. The predicted molar refractivity (Wildman–Crippen MR) is 80.9 cm³/mol. The average molecular weight is 254 g/mol. The molecule has 0 spiro atoms. The van der Waals surface area contributed by atoms with Gasteiger partial charge in [-0.25, -0.2) is 0 Å². The molecule has 0 radical (unpaired) electrons. The maximum Gasteiger partial charge on any atom is 0.0249 e. The second kappa shape index (κ2) is 6.38. The van der Waals surface area contributed by atoms with E-state index in [0.29, 0.717) is 17.6 Å². The van der Waals surface area contributed by atoms with Crippen molar-refractivity contribution in [3.8, 4) is 0 Å². The van der Waals surface area contributed by atoms with Gasteiger partial charge in [0.25, 0.3) is 0 Å². The molecule has 2 atom stereocenters. The Morgan fingerprint density at radius 2 is 1.83 bits per heavy atom. The Balaban J connectivity index is 2.77. The molecule has 0 aromatic carbocycles. The van der Waals surface area contributed by atoms with Gasteiger partial charge in [-0.15, -0.1) is 0 Å². The van der Waals surface area contributed by atoms with Gasteiger partial charge in [0.15, 0.2) is 0 Å². The zero-order valence-corrected chi connectivity index (χ0v) is 13.6. The third-order valence-electron chi connectivity index (χ3n) is 4.60. The van der Waals surface area contributed by atoms with E-state index >= 15 is 0 Å². The van der Waals surface area contributed by atoms with Crippen LogP contribution in [0.1, 0.15) is 61.3 Å². The summed E-state index contributed by atoms with van der Waals surface area (Å²) < 4.78 is 0. The second-order valence-corrected chi connectivity index (χ2v) is 7.36. The zero-order valence-electron chi connectivity index (χ0n) is 13.6. The first-order valence-corrected chi connectivity index (χ1v) is 7.78. The minimum atomic E-state index is 0.326. The molecular formula is C16H34N2. The smallest absolute Gasteiger partial charge is 0.0249 e. The van der Waals surface area contributed by atoms with Gasteiger partial charge in [0, 0.05) is 30.7 Å². The summed E-state index contributed by atoms with van der Waals surface area (Å²) in [6.45, 7) is 18.8. The molecule has 108 valence electrons. The quantitative estimate of drug-likeness (QED) is 0.807. The van der Waals surface area contributed by atoms with Crippen molar-refractivity contribution in [3.63, 3.8) is 0 Å². The molecule has 0 bridgehead atoms. The van der Waals surface area contributed by atoms with Gasteiger partial charge >= 0.3 is 0 Å². The normalized spacial score (nSPS) is 27.2. The lowest BCUT2D eigenvalue weighted by Crippen LogP contribution is -2.64. The van der Waals surface area contributed by atoms with Crippen LogP contribution in [0, 0.1) is 11.8 Å². The lowest BCUT2D eigenvalue weighted by molar-refractivity contribution is 0.00483. The number of nitrogens with zero attached hydrogens (tertiary/aromatic N) is 1. The van der Waals surface area contributed by atoms with Crippen molar-refractivity contribution < 1.29 is 0 Å². The van der Waals surface area contributed by atoms with Gasteiger partial charge in [-0.1, -0.05) is 34.6 Å². The summed E-state index contributed by atoms with van der Waals surface area (Å²) in [5.41, 5.74) is 0.326. The van der Waals surface area contributed by atoms with E-state index in [4.69, 9.17) is 0 Å². The van der Waals surface area contributed by atoms with Crippen molar-refractivity contribution >= 4 is 0 Å². The Morgan fingerprint density at radius 3 is 2.28 bits per heavy atom. The molecule has 0 saturated carbocycles. The van der Waals surface area contributed by atoms with Crippen LogP contribution >= 0.6 is 0 Å². The fraction of sp³-hybridized carbons (Fsp3) is 1.00. The summed E-state index contributed by atoms with van der Waals surface area (Å²) in [6.07, 6.45) is 2.52. The number of hydrogen-bond acceptors (Lipinski definition) is 2. The molecule has 2 nitrogen and oxygen atoms in total. The van der Waals surface area contributed by atoms with E-state index < -0.39 is 0 Å². The van der Waals surface area contributed by atoms with Crippen LogP contribution < -0.4 is 5.32 Å². The lowest BCUT2D eigenvalue weighted by atomic mass is 9.88. The van der Waals surface area contributed by atoms with E-state index in [9.17, 15) is 0 Å². The summed E-state index contributed by atoms with van der Waals surface area (Å²) in [5.74, 6) is 1.51. The fourth-order valence-electron chi connectivity index (χ4n) is 3.06. The molecule has 1 aliphatic rings. The molecule has 2 unspecified atom stereocenters. The highest BCUT2D eigenvalue weighted by molar-refractivity contribution is 4.95. The molecule has 1 heterocycles. The second-order valence-electron chi connectivity index (χ2n) is 7.36. The fourth-order valence-corrected chi connectivity index (χ4v) is 3.06. The molecular weight excluding hydrogens is 220 g/mol. The van der Waals surface area contributed by atoms with Crippen LogP contribution in [0.25, 0.3) is 0 Å². The summed E-state index contributed by atoms with van der Waals surface area (Å²) in [7, 11) is 0. The molecule has 0 amide bonds. The number of nitrogens with one attached hydrogen (secondary N) is 1. The Kier molecular flexibility index (Phi) is 5.67. The van der Waals surface area contributed by atoms with Crippen LogP contribution in [0.2, 0.25) is 0 Å². The summed E-state index contributed by atoms with van der Waals surface area (Å²) in [4.78, 5) is 2.77. The predicted octanol–water partition coefficient (Wildman–Crippen LogP) is 3.52. The van der Waals surface area contributed by atoms with Crippen molar-refractivity contribution in [1.82, 2.24) is 10.2 Å². The standard InChI is InChI=1S/C16H34N2/c1-8-16(6,7)18-11-14(9-12(2)3)17-10-15(18)13(4)5/h12-15,17H,8-11H2,1-7H3. The first kappa shape index (κ1) is 16.0. The van der Waals surface area contributed by atoms with Crippen molar-refractivity contribution in [2.45, 2.75) is 78.9 Å². The maximum atomic E-state index is 3.77. The Bertz CT molecular complexity index is 245. The highest BCUT2D eigenvalue weighted by Gasteiger charge is 2.37. The zero-order chi connectivity index (χ0) is 13.9. The Hall–Kier alpha value is -0.0800. The highest BCUT2D eigenvalue weighted by atomic mass is 15.3. The molecule has 18 heavy (non-hydrogen) atoms. The third kappa shape index (κ3) is 3.96. The molecule has 0 aromatic rings. The molecule has 1 saturated heterocycles. The van der Waals surface area contributed by atoms with Crippen molar-refractivity contribution in [1.29, 1.82) is 0 Å². The summed E-state index contributed by atoms with van der Waals surface area (Å²) >= 11 is 0. The monoisotopic (exact) mass is 254 g/mol. The maximum absolute atomic E-state index is 3.77. The molecule has 1 fully saturated rings. The van der Waals surface area contributed by atoms with Gasteiger partial charge in [0.05, 0.1) is 0 Å². The Morgan fingerprint density at radius 1 is 1.22 bits per heavy atom. The van der Waals surface area contributed by atoms with Gasteiger partial charge in [0.1, 0.15) is 0 Å². The van der Waals surface area contributed by atoms with E-state index in [1.165, 1.54) is 19.4 Å².